The number of rotatable bonds is 8. The van der Waals surface area contributed by atoms with Gasteiger partial charge in [0.2, 0.25) is 0 Å². The molecule has 0 saturated heterocycles. The monoisotopic (exact) mass is 279 g/mol. The smallest absolute Gasteiger partial charge is 0.257 e. The third kappa shape index (κ3) is 5.60. The summed E-state index contributed by atoms with van der Waals surface area (Å²) in [5, 5.41) is 14.2. The van der Waals surface area contributed by atoms with Crippen LogP contribution < -0.4 is 15.8 Å². The van der Waals surface area contributed by atoms with Crippen molar-refractivity contribution in [2.24, 2.45) is 10.9 Å². The zero-order valence-corrected chi connectivity index (χ0v) is 11.6. The molecule has 0 aromatic heterocycles. The Morgan fingerprint density at radius 3 is 2.65 bits per heavy atom. The minimum Gasteiger partial charge on any atom is -0.484 e. The molecule has 0 aliphatic rings. The Hall–Kier alpha value is -2.24. The Bertz CT molecular complexity index is 443. The maximum Gasteiger partial charge on any atom is 0.257 e. The van der Waals surface area contributed by atoms with Crippen molar-refractivity contribution in [1.29, 1.82) is 0 Å². The van der Waals surface area contributed by atoms with Gasteiger partial charge in [-0.2, -0.15) is 0 Å². The van der Waals surface area contributed by atoms with E-state index in [0.717, 1.165) is 19.3 Å². The van der Waals surface area contributed by atoms with Crippen LogP contribution in [0.5, 0.6) is 5.75 Å². The largest absolute Gasteiger partial charge is 0.484 e. The normalized spacial score (nSPS) is 11.2. The number of amides is 1. The van der Waals surface area contributed by atoms with E-state index in [1.54, 1.807) is 24.3 Å². The molecule has 1 aromatic carbocycles. The van der Waals surface area contributed by atoms with Crippen LogP contribution >= 0.6 is 0 Å². The molecule has 20 heavy (non-hydrogen) atoms. The van der Waals surface area contributed by atoms with E-state index in [9.17, 15) is 4.79 Å². The second-order valence-corrected chi connectivity index (χ2v) is 4.36. The van der Waals surface area contributed by atoms with Crippen LogP contribution in [0.2, 0.25) is 0 Å². The molecule has 0 aliphatic heterocycles. The lowest BCUT2D eigenvalue weighted by Crippen LogP contribution is -2.29. The number of hydrogen-bond acceptors (Lipinski definition) is 4. The van der Waals surface area contributed by atoms with Gasteiger partial charge < -0.3 is 21.0 Å². The Kier molecular flexibility index (Phi) is 6.95. The molecule has 0 unspecified atom stereocenters. The summed E-state index contributed by atoms with van der Waals surface area (Å²) in [6, 6.07) is 6.64. The molecule has 0 atom stereocenters. The molecule has 6 heteroatoms. The van der Waals surface area contributed by atoms with Gasteiger partial charge in [-0.3, -0.25) is 4.79 Å². The van der Waals surface area contributed by atoms with E-state index in [0.29, 0.717) is 17.9 Å². The van der Waals surface area contributed by atoms with Gasteiger partial charge in [0, 0.05) is 12.1 Å². The lowest BCUT2D eigenvalue weighted by molar-refractivity contribution is -0.123. The minimum atomic E-state index is -0.137. The molecule has 110 valence electrons. The van der Waals surface area contributed by atoms with Crippen LogP contribution in [0, 0.1) is 0 Å². The van der Waals surface area contributed by atoms with Crippen LogP contribution in [0.15, 0.2) is 29.4 Å². The number of amidine groups is 1. The summed E-state index contributed by atoms with van der Waals surface area (Å²) in [5.74, 6) is 0.454. The number of hydrogen-bond donors (Lipinski definition) is 3. The first-order valence-electron chi connectivity index (χ1n) is 6.64. The van der Waals surface area contributed by atoms with Gasteiger partial charge in [-0.25, -0.2) is 0 Å². The number of nitrogens with one attached hydrogen (secondary N) is 1. The number of nitrogens with zero attached hydrogens (tertiary/aromatic N) is 1. The van der Waals surface area contributed by atoms with Crippen LogP contribution in [0.25, 0.3) is 0 Å². The molecular formula is C14H21N3O3. The highest BCUT2D eigenvalue weighted by molar-refractivity contribution is 5.97. The molecule has 0 bridgehead atoms. The van der Waals surface area contributed by atoms with Gasteiger partial charge in [0.25, 0.3) is 5.91 Å². The molecule has 1 aromatic rings. The highest BCUT2D eigenvalue weighted by Gasteiger charge is 2.03. The van der Waals surface area contributed by atoms with Crippen LogP contribution in [-0.2, 0) is 4.79 Å². The molecule has 1 amide bonds. The minimum absolute atomic E-state index is 0.0188. The first-order valence-corrected chi connectivity index (χ1v) is 6.64. The summed E-state index contributed by atoms with van der Waals surface area (Å²) in [4.78, 5) is 11.5. The lowest BCUT2D eigenvalue weighted by Gasteiger charge is -2.07. The van der Waals surface area contributed by atoms with E-state index in [-0.39, 0.29) is 18.3 Å². The van der Waals surface area contributed by atoms with Crippen molar-refractivity contribution >= 4 is 11.7 Å². The predicted octanol–water partition coefficient (Wildman–Crippen LogP) is 1.47. The van der Waals surface area contributed by atoms with Crippen molar-refractivity contribution in [3.63, 3.8) is 0 Å². The van der Waals surface area contributed by atoms with Crippen molar-refractivity contribution in [3.05, 3.63) is 29.8 Å². The predicted molar refractivity (Wildman–Crippen MR) is 77.0 cm³/mol. The fourth-order valence-corrected chi connectivity index (χ4v) is 1.58. The van der Waals surface area contributed by atoms with Crippen LogP contribution in [0.1, 0.15) is 31.7 Å². The molecule has 6 nitrogen and oxygen atoms in total. The fraction of sp³-hybridized carbons (Fsp3) is 0.429. The summed E-state index contributed by atoms with van der Waals surface area (Å²) in [5.41, 5.74) is 6.03. The number of unbranched alkanes of at least 4 members (excludes halogenated alkanes) is 2. The topological polar surface area (TPSA) is 96.9 Å². The molecule has 0 saturated carbocycles. The van der Waals surface area contributed by atoms with Gasteiger partial charge in [0.1, 0.15) is 5.75 Å². The van der Waals surface area contributed by atoms with Gasteiger partial charge in [-0.05, 0) is 30.7 Å². The lowest BCUT2D eigenvalue weighted by atomic mass is 10.2. The third-order valence-electron chi connectivity index (χ3n) is 2.73. The number of carbonyl (C=O) groups excluding carboxylic acids is 1. The second-order valence-electron chi connectivity index (χ2n) is 4.36. The summed E-state index contributed by atoms with van der Waals surface area (Å²) >= 11 is 0. The van der Waals surface area contributed by atoms with E-state index in [4.69, 9.17) is 15.7 Å². The average Bonchev–Trinajstić information content (AvgIpc) is 2.49. The quantitative estimate of drug-likeness (QED) is 0.221. The molecule has 0 aliphatic carbocycles. The zero-order valence-electron chi connectivity index (χ0n) is 11.6. The van der Waals surface area contributed by atoms with E-state index in [1.807, 2.05) is 0 Å². The van der Waals surface area contributed by atoms with E-state index in [2.05, 4.69) is 17.4 Å². The third-order valence-corrected chi connectivity index (χ3v) is 2.73. The number of oxime groups is 1. The summed E-state index contributed by atoms with van der Waals surface area (Å²) in [7, 11) is 0. The molecule has 4 N–H and O–H groups in total. The number of benzene rings is 1. The van der Waals surface area contributed by atoms with E-state index >= 15 is 0 Å². The maximum atomic E-state index is 11.5. The first-order chi connectivity index (χ1) is 9.67. The average molecular weight is 279 g/mol. The highest BCUT2D eigenvalue weighted by atomic mass is 16.5. The molecule has 1 rings (SSSR count). The SMILES string of the molecule is CCCCCNC(=O)COc1ccc(/C(N)=N/O)cc1. The maximum absolute atomic E-state index is 11.5. The standard InChI is InChI=1S/C14H21N3O3/c1-2-3-4-9-16-13(18)10-20-12-7-5-11(6-8-12)14(15)17-19/h5-8,19H,2-4,9-10H2,1H3,(H2,15,17)(H,16,18). The van der Waals surface area contributed by atoms with Gasteiger partial charge in [-0.1, -0.05) is 24.9 Å². The molecule has 0 fully saturated rings. The zero-order chi connectivity index (χ0) is 14.8. The van der Waals surface area contributed by atoms with Crippen LogP contribution in [0.4, 0.5) is 0 Å². The number of carbonyl (C=O) groups is 1. The highest BCUT2D eigenvalue weighted by Crippen LogP contribution is 2.11. The van der Waals surface area contributed by atoms with Crippen molar-refractivity contribution in [2.45, 2.75) is 26.2 Å². The van der Waals surface area contributed by atoms with Gasteiger partial charge in [-0.15, -0.1) is 0 Å². The Morgan fingerprint density at radius 1 is 1.35 bits per heavy atom. The molecule has 0 spiro atoms. The molecular weight excluding hydrogens is 258 g/mol. The summed E-state index contributed by atoms with van der Waals surface area (Å²) in [6.45, 7) is 2.77. The van der Waals surface area contributed by atoms with Crippen LogP contribution in [-0.4, -0.2) is 30.1 Å². The van der Waals surface area contributed by atoms with Crippen molar-refractivity contribution in [1.82, 2.24) is 5.32 Å². The van der Waals surface area contributed by atoms with Crippen molar-refractivity contribution < 1.29 is 14.7 Å². The second kappa shape index (κ2) is 8.79. The Labute approximate surface area is 118 Å². The van der Waals surface area contributed by atoms with E-state index in [1.165, 1.54) is 0 Å². The Balaban J connectivity index is 2.33. The number of ether oxygens (including phenoxy) is 1. The Morgan fingerprint density at radius 2 is 2.05 bits per heavy atom. The van der Waals surface area contributed by atoms with Gasteiger partial charge in [0.05, 0.1) is 0 Å². The summed E-state index contributed by atoms with van der Waals surface area (Å²) < 4.78 is 5.34. The molecule has 0 heterocycles. The fourth-order valence-electron chi connectivity index (χ4n) is 1.58. The molecule has 0 radical (unpaired) electrons. The van der Waals surface area contributed by atoms with Crippen LogP contribution in [0.3, 0.4) is 0 Å². The van der Waals surface area contributed by atoms with Crippen molar-refractivity contribution in [3.8, 4) is 5.75 Å². The number of nitrogens with two attached hydrogens (primary N) is 1. The first kappa shape index (κ1) is 15.8. The summed E-state index contributed by atoms with van der Waals surface area (Å²) in [6.07, 6.45) is 3.21. The van der Waals surface area contributed by atoms with E-state index < -0.39 is 0 Å². The van der Waals surface area contributed by atoms with Crippen molar-refractivity contribution in [2.75, 3.05) is 13.2 Å². The van der Waals surface area contributed by atoms with Gasteiger partial charge >= 0.3 is 0 Å². The van der Waals surface area contributed by atoms with Gasteiger partial charge in [0.15, 0.2) is 12.4 Å².